The lowest BCUT2D eigenvalue weighted by Gasteiger charge is -2.21. The number of aliphatic hydroxyl groups is 1. The number of nitrogens with one attached hydrogen (secondary N) is 1. The standard InChI is InChI=1S/C11H17N3O3S/c15-7-9-5-12-13-11(9)18(16,17)14(10-3-4-10)6-8-1-2-8/h5,8,10,15H,1-4,6-7H2,(H,12,13). The van der Waals surface area contributed by atoms with Crippen molar-refractivity contribution in [2.24, 2.45) is 5.92 Å². The van der Waals surface area contributed by atoms with Gasteiger partial charge in [0.1, 0.15) is 0 Å². The van der Waals surface area contributed by atoms with Gasteiger partial charge in [-0.2, -0.15) is 9.40 Å². The average molecular weight is 271 g/mol. The molecule has 1 heterocycles. The van der Waals surface area contributed by atoms with Crippen LogP contribution in [0.25, 0.3) is 0 Å². The van der Waals surface area contributed by atoms with Crippen molar-refractivity contribution in [3.8, 4) is 0 Å². The molecule has 100 valence electrons. The van der Waals surface area contributed by atoms with Gasteiger partial charge in [-0.1, -0.05) is 0 Å². The third-order valence-electron chi connectivity index (χ3n) is 3.50. The van der Waals surface area contributed by atoms with E-state index in [0.29, 0.717) is 18.0 Å². The molecule has 6 nitrogen and oxygen atoms in total. The maximum absolute atomic E-state index is 12.6. The van der Waals surface area contributed by atoms with Gasteiger partial charge in [0.25, 0.3) is 10.0 Å². The van der Waals surface area contributed by atoms with E-state index in [1.165, 1.54) is 6.20 Å². The Morgan fingerprint density at radius 3 is 2.67 bits per heavy atom. The molecular weight excluding hydrogens is 254 g/mol. The summed E-state index contributed by atoms with van der Waals surface area (Å²) in [6.45, 7) is 0.296. The Bertz CT molecular complexity index is 531. The molecule has 2 fully saturated rings. The fraction of sp³-hybridized carbons (Fsp3) is 0.727. The molecule has 0 spiro atoms. The van der Waals surface area contributed by atoms with Crippen molar-refractivity contribution < 1.29 is 13.5 Å². The quantitative estimate of drug-likeness (QED) is 0.787. The van der Waals surface area contributed by atoms with Crippen molar-refractivity contribution in [1.82, 2.24) is 14.5 Å². The number of nitrogens with zero attached hydrogens (tertiary/aromatic N) is 2. The lowest BCUT2D eigenvalue weighted by molar-refractivity contribution is 0.277. The summed E-state index contributed by atoms with van der Waals surface area (Å²) in [5.74, 6) is 0.515. The summed E-state index contributed by atoms with van der Waals surface area (Å²) in [6.07, 6.45) is 5.49. The number of hydrogen-bond acceptors (Lipinski definition) is 4. The molecule has 0 aromatic carbocycles. The molecule has 2 aliphatic rings. The SMILES string of the molecule is O=S(=O)(c1[nH]ncc1CO)N(CC1CC1)C1CC1. The molecule has 3 rings (SSSR count). The molecule has 0 unspecified atom stereocenters. The molecule has 2 saturated carbocycles. The van der Waals surface area contributed by atoms with E-state index in [9.17, 15) is 8.42 Å². The molecule has 2 N–H and O–H groups in total. The predicted octanol–water partition coefficient (Wildman–Crippen LogP) is 0.465. The first kappa shape index (κ1) is 12.1. The van der Waals surface area contributed by atoms with E-state index in [2.05, 4.69) is 10.2 Å². The van der Waals surface area contributed by atoms with Crippen LogP contribution < -0.4 is 0 Å². The van der Waals surface area contributed by atoms with Crippen LogP contribution in [0.3, 0.4) is 0 Å². The number of aromatic amines is 1. The zero-order valence-electron chi connectivity index (χ0n) is 10.0. The summed E-state index contributed by atoms with van der Waals surface area (Å²) in [5.41, 5.74) is 0.344. The van der Waals surface area contributed by atoms with Gasteiger partial charge in [-0.25, -0.2) is 8.42 Å². The van der Waals surface area contributed by atoms with Gasteiger partial charge in [-0.3, -0.25) is 5.10 Å². The molecule has 0 bridgehead atoms. The number of rotatable bonds is 6. The average Bonchev–Trinajstić information content (AvgIpc) is 3.24. The van der Waals surface area contributed by atoms with Gasteiger partial charge in [0.2, 0.25) is 0 Å². The Kier molecular flexibility index (Phi) is 2.91. The van der Waals surface area contributed by atoms with Gasteiger partial charge in [0.15, 0.2) is 5.03 Å². The Balaban J connectivity index is 1.90. The smallest absolute Gasteiger partial charge is 0.260 e. The van der Waals surface area contributed by atoms with E-state index < -0.39 is 10.0 Å². The van der Waals surface area contributed by atoms with Crippen molar-refractivity contribution in [2.75, 3.05) is 6.54 Å². The van der Waals surface area contributed by atoms with Crippen LogP contribution in [0, 0.1) is 5.92 Å². The van der Waals surface area contributed by atoms with Crippen LogP contribution in [0.4, 0.5) is 0 Å². The Labute approximate surface area is 106 Å². The third-order valence-corrected chi connectivity index (χ3v) is 5.44. The lowest BCUT2D eigenvalue weighted by atomic mass is 10.4. The minimum absolute atomic E-state index is 0.0533. The van der Waals surface area contributed by atoms with Gasteiger partial charge < -0.3 is 5.11 Å². The first-order chi connectivity index (χ1) is 8.63. The van der Waals surface area contributed by atoms with E-state index in [-0.39, 0.29) is 17.7 Å². The molecule has 0 aliphatic heterocycles. The maximum atomic E-state index is 12.6. The van der Waals surface area contributed by atoms with Crippen LogP contribution in [-0.2, 0) is 16.6 Å². The predicted molar refractivity (Wildman–Crippen MR) is 64.1 cm³/mol. The van der Waals surface area contributed by atoms with Crippen molar-refractivity contribution >= 4 is 10.0 Å². The second-order valence-corrected chi connectivity index (χ2v) is 6.96. The fourth-order valence-electron chi connectivity index (χ4n) is 2.11. The van der Waals surface area contributed by atoms with E-state index in [4.69, 9.17) is 5.11 Å². The topological polar surface area (TPSA) is 86.3 Å². The number of sulfonamides is 1. The lowest BCUT2D eigenvalue weighted by Crippen LogP contribution is -2.35. The highest BCUT2D eigenvalue weighted by Crippen LogP contribution is 2.38. The molecule has 0 saturated heterocycles. The normalized spacial score (nSPS) is 20.6. The molecule has 1 aromatic heterocycles. The number of aromatic nitrogens is 2. The summed E-state index contributed by atoms with van der Waals surface area (Å²) in [5, 5.41) is 15.5. The number of hydrogen-bond donors (Lipinski definition) is 2. The summed E-state index contributed by atoms with van der Waals surface area (Å²) in [4.78, 5) is 0. The fourth-order valence-corrected chi connectivity index (χ4v) is 3.97. The summed E-state index contributed by atoms with van der Waals surface area (Å²) < 4.78 is 26.7. The highest BCUT2D eigenvalue weighted by molar-refractivity contribution is 7.89. The molecule has 0 amide bonds. The third kappa shape index (κ3) is 2.17. The highest BCUT2D eigenvalue weighted by atomic mass is 32.2. The van der Waals surface area contributed by atoms with Gasteiger partial charge in [-0.15, -0.1) is 0 Å². The molecule has 0 atom stereocenters. The molecular formula is C11H17N3O3S. The van der Waals surface area contributed by atoms with Crippen molar-refractivity contribution in [3.63, 3.8) is 0 Å². The van der Waals surface area contributed by atoms with Crippen LogP contribution in [0.2, 0.25) is 0 Å². The minimum Gasteiger partial charge on any atom is -0.392 e. The number of aliphatic hydroxyl groups excluding tert-OH is 1. The van der Waals surface area contributed by atoms with Crippen molar-refractivity contribution in [2.45, 2.75) is 43.4 Å². The second-order valence-electron chi connectivity index (χ2n) is 5.13. The van der Waals surface area contributed by atoms with Gasteiger partial charge in [0, 0.05) is 18.2 Å². The Morgan fingerprint density at radius 2 is 2.11 bits per heavy atom. The summed E-state index contributed by atoms with van der Waals surface area (Å²) in [7, 11) is -3.54. The number of H-pyrrole nitrogens is 1. The highest BCUT2D eigenvalue weighted by Gasteiger charge is 2.42. The first-order valence-electron chi connectivity index (χ1n) is 6.28. The second kappa shape index (κ2) is 4.32. The molecule has 18 heavy (non-hydrogen) atoms. The molecule has 0 radical (unpaired) electrons. The zero-order chi connectivity index (χ0) is 12.8. The van der Waals surface area contributed by atoms with E-state index in [1.807, 2.05) is 0 Å². The largest absolute Gasteiger partial charge is 0.392 e. The van der Waals surface area contributed by atoms with Crippen LogP contribution in [0.1, 0.15) is 31.2 Å². The van der Waals surface area contributed by atoms with Crippen LogP contribution in [0.15, 0.2) is 11.2 Å². The van der Waals surface area contributed by atoms with Crippen LogP contribution in [-0.4, -0.2) is 40.6 Å². The molecule has 1 aromatic rings. The summed E-state index contributed by atoms with van der Waals surface area (Å²) in [6, 6.07) is 0.144. The minimum atomic E-state index is -3.54. The monoisotopic (exact) mass is 271 g/mol. The van der Waals surface area contributed by atoms with Gasteiger partial charge in [0.05, 0.1) is 12.8 Å². The summed E-state index contributed by atoms with van der Waals surface area (Å²) >= 11 is 0. The Hall–Kier alpha value is -0.920. The van der Waals surface area contributed by atoms with Crippen molar-refractivity contribution in [1.29, 1.82) is 0 Å². The van der Waals surface area contributed by atoms with E-state index >= 15 is 0 Å². The van der Waals surface area contributed by atoms with Crippen LogP contribution >= 0.6 is 0 Å². The van der Waals surface area contributed by atoms with Gasteiger partial charge >= 0.3 is 0 Å². The van der Waals surface area contributed by atoms with Gasteiger partial charge in [-0.05, 0) is 31.6 Å². The van der Waals surface area contributed by atoms with Crippen molar-refractivity contribution in [3.05, 3.63) is 11.8 Å². The van der Waals surface area contributed by atoms with Crippen LogP contribution in [0.5, 0.6) is 0 Å². The Morgan fingerprint density at radius 1 is 1.39 bits per heavy atom. The maximum Gasteiger partial charge on any atom is 0.260 e. The van der Waals surface area contributed by atoms with E-state index in [1.54, 1.807) is 4.31 Å². The zero-order valence-corrected chi connectivity index (χ0v) is 10.9. The molecule has 2 aliphatic carbocycles. The molecule has 7 heteroatoms. The first-order valence-corrected chi connectivity index (χ1v) is 7.72. The van der Waals surface area contributed by atoms with E-state index in [0.717, 1.165) is 25.7 Å².